The molecule has 1 heterocycles. The second kappa shape index (κ2) is 6.35. The van der Waals surface area contributed by atoms with E-state index in [2.05, 4.69) is 5.32 Å². The van der Waals surface area contributed by atoms with Crippen molar-refractivity contribution in [2.75, 3.05) is 24.6 Å². The normalized spacial score (nSPS) is 18.6. The Morgan fingerprint density at radius 2 is 1.94 bits per heavy atom. The lowest BCUT2D eigenvalue weighted by Crippen LogP contribution is -2.29. The van der Waals surface area contributed by atoms with E-state index < -0.39 is 9.84 Å². The lowest BCUT2D eigenvalue weighted by molar-refractivity contribution is -0.119. The van der Waals surface area contributed by atoms with E-state index in [-0.39, 0.29) is 23.7 Å². The van der Waals surface area contributed by atoms with Gasteiger partial charge in [-0.15, -0.1) is 0 Å². The molecule has 0 saturated carbocycles. The summed E-state index contributed by atoms with van der Waals surface area (Å²) in [5.74, 6) is 0.711. The van der Waals surface area contributed by atoms with E-state index in [9.17, 15) is 13.2 Å². The van der Waals surface area contributed by atoms with Crippen LogP contribution >= 0.6 is 0 Å². The van der Waals surface area contributed by atoms with Gasteiger partial charge in [-0.3, -0.25) is 4.79 Å². The van der Waals surface area contributed by atoms with Crippen molar-refractivity contribution in [2.45, 2.75) is 32.6 Å². The first kappa shape index (κ1) is 13.6. The molecule has 1 saturated heterocycles. The molecular weight excluding hydrogens is 226 g/mol. The summed E-state index contributed by atoms with van der Waals surface area (Å²) in [4.78, 5) is 11.6. The monoisotopic (exact) mass is 247 g/mol. The Balaban J connectivity index is 2.25. The van der Waals surface area contributed by atoms with Crippen LogP contribution in [0.2, 0.25) is 0 Å². The third kappa shape index (κ3) is 5.07. The summed E-state index contributed by atoms with van der Waals surface area (Å²) in [6, 6.07) is 0. The first-order chi connectivity index (χ1) is 7.53. The molecule has 16 heavy (non-hydrogen) atoms. The number of hydrogen-bond acceptors (Lipinski definition) is 4. The number of hydrogen-bond donors (Lipinski definition) is 1. The molecule has 5 heteroatoms. The number of rotatable bonds is 6. The lowest BCUT2D eigenvalue weighted by atomic mass is 9.92. The van der Waals surface area contributed by atoms with Gasteiger partial charge in [0.2, 0.25) is 0 Å². The molecule has 1 aliphatic rings. The van der Waals surface area contributed by atoms with Gasteiger partial charge >= 0.3 is 0 Å². The maximum absolute atomic E-state index is 11.6. The van der Waals surface area contributed by atoms with Crippen molar-refractivity contribution in [3.8, 4) is 0 Å². The minimum Gasteiger partial charge on any atom is -0.317 e. The van der Waals surface area contributed by atoms with E-state index in [0.717, 1.165) is 25.9 Å². The van der Waals surface area contributed by atoms with Crippen molar-refractivity contribution in [3.63, 3.8) is 0 Å². The number of ketones is 1. The van der Waals surface area contributed by atoms with Crippen molar-refractivity contribution in [2.24, 2.45) is 5.92 Å². The van der Waals surface area contributed by atoms with Crippen LogP contribution in [0.3, 0.4) is 0 Å². The molecule has 4 nitrogen and oxygen atoms in total. The van der Waals surface area contributed by atoms with Crippen LogP contribution in [0.15, 0.2) is 0 Å². The fourth-order valence-electron chi connectivity index (χ4n) is 1.92. The van der Waals surface area contributed by atoms with E-state index in [0.29, 0.717) is 12.3 Å². The van der Waals surface area contributed by atoms with Gasteiger partial charge in [-0.1, -0.05) is 6.92 Å². The summed E-state index contributed by atoms with van der Waals surface area (Å²) in [5.41, 5.74) is 0. The highest BCUT2D eigenvalue weighted by Gasteiger charge is 2.18. The topological polar surface area (TPSA) is 63.2 Å². The van der Waals surface area contributed by atoms with Gasteiger partial charge in [-0.25, -0.2) is 8.42 Å². The van der Waals surface area contributed by atoms with Crippen molar-refractivity contribution < 1.29 is 13.2 Å². The van der Waals surface area contributed by atoms with Gasteiger partial charge in [0.05, 0.1) is 5.75 Å². The SMILES string of the molecule is CCS(=O)(=O)CCC(=O)CC1CCNCC1. The summed E-state index contributed by atoms with van der Waals surface area (Å²) in [7, 11) is -2.99. The van der Waals surface area contributed by atoms with Gasteiger partial charge in [0.15, 0.2) is 0 Å². The molecule has 0 unspecified atom stereocenters. The molecule has 0 aromatic heterocycles. The van der Waals surface area contributed by atoms with E-state index in [4.69, 9.17) is 0 Å². The van der Waals surface area contributed by atoms with E-state index in [1.54, 1.807) is 6.92 Å². The minimum absolute atomic E-state index is 0.0211. The molecule has 0 amide bonds. The summed E-state index contributed by atoms with van der Waals surface area (Å²) in [6.07, 6.45) is 2.82. The van der Waals surface area contributed by atoms with Gasteiger partial charge < -0.3 is 5.32 Å². The third-order valence-corrected chi connectivity index (χ3v) is 4.81. The molecular formula is C11H21NO3S. The van der Waals surface area contributed by atoms with Crippen LogP contribution in [-0.4, -0.2) is 38.8 Å². The van der Waals surface area contributed by atoms with Crippen molar-refractivity contribution in [3.05, 3.63) is 0 Å². The highest BCUT2D eigenvalue weighted by Crippen LogP contribution is 2.17. The Kier molecular flexibility index (Phi) is 5.41. The van der Waals surface area contributed by atoms with E-state index in [1.165, 1.54) is 0 Å². The van der Waals surface area contributed by atoms with Crippen molar-refractivity contribution in [1.29, 1.82) is 0 Å². The molecule has 1 fully saturated rings. The highest BCUT2D eigenvalue weighted by atomic mass is 32.2. The quantitative estimate of drug-likeness (QED) is 0.753. The van der Waals surface area contributed by atoms with Crippen LogP contribution in [0.1, 0.15) is 32.6 Å². The average molecular weight is 247 g/mol. The van der Waals surface area contributed by atoms with Crippen LogP contribution in [0, 0.1) is 5.92 Å². The first-order valence-corrected chi connectivity index (χ1v) is 7.78. The molecule has 0 aromatic carbocycles. The molecule has 0 aromatic rings. The van der Waals surface area contributed by atoms with E-state index in [1.807, 2.05) is 0 Å². The largest absolute Gasteiger partial charge is 0.317 e. The fraction of sp³-hybridized carbons (Fsp3) is 0.909. The fourth-order valence-corrected chi connectivity index (χ4v) is 2.75. The van der Waals surface area contributed by atoms with Gasteiger partial charge in [-0.05, 0) is 31.8 Å². The second-order valence-corrected chi connectivity index (χ2v) is 6.90. The van der Waals surface area contributed by atoms with Crippen LogP contribution in [0.25, 0.3) is 0 Å². The lowest BCUT2D eigenvalue weighted by Gasteiger charge is -2.21. The van der Waals surface area contributed by atoms with Gasteiger partial charge in [0.25, 0.3) is 0 Å². The zero-order valence-electron chi connectivity index (χ0n) is 9.87. The molecule has 0 aliphatic carbocycles. The second-order valence-electron chi connectivity index (χ2n) is 4.42. The Bertz CT molecular complexity index is 318. The summed E-state index contributed by atoms with van der Waals surface area (Å²) < 4.78 is 22.5. The Labute approximate surface area is 97.7 Å². The van der Waals surface area contributed by atoms with Crippen LogP contribution < -0.4 is 5.32 Å². The van der Waals surface area contributed by atoms with Crippen LogP contribution in [0.4, 0.5) is 0 Å². The Morgan fingerprint density at radius 3 is 2.50 bits per heavy atom. The number of nitrogens with one attached hydrogen (secondary N) is 1. The number of carbonyl (C=O) groups excluding carboxylic acids is 1. The Hall–Kier alpha value is -0.420. The van der Waals surface area contributed by atoms with Gasteiger partial charge in [0.1, 0.15) is 15.6 Å². The maximum atomic E-state index is 11.6. The number of sulfone groups is 1. The smallest absolute Gasteiger partial charge is 0.150 e. The predicted octanol–water partition coefficient (Wildman–Crippen LogP) is 0.770. The molecule has 94 valence electrons. The van der Waals surface area contributed by atoms with Crippen LogP contribution in [0.5, 0.6) is 0 Å². The molecule has 0 radical (unpaired) electrons. The van der Waals surface area contributed by atoms with E-state index >= 15 is 0 Å². The molecule has 0 spiro atoms. The zero-order valence-corrected chi connectivity index (χ0v) is 10.7. The molecule has 0 bridgehead atoms. The molecule has 1 rings (SSSR count). The number of carbonyl (C=O) groups is 1. The third-order valence-electron chi connectivity index (χ3n) is 3.11. The number of piperidine rings is 1. The van der Waals surface area contributed by atoms with Gasteiger partial charge in [-0.2, -0.15) is 0 Å². The Morgan fingerprint density at radius 1 is 1.31 bits per heavy atom. The number of Topliss-reactive ketones (excluding diaryl/α,β-unsaturated/α-hetero) is 1. The summed E-state index contributed by atoms with van der Waals surface area (Å²) in [6.45, 7) is 3.57. The first-order valence-electron chi connectivity index (χ1n) is 5.96. The summed E-state index contributed by atoms with van der Waals surface area (Å²) in [5, 5.41) is 3.25. The molecule has 1 aliphatic heterocycles. The minimum atomic E-state index is -2.99. The maximum Gasteiger partial charge on any atom is 0.150 e. The predicted molar refractivity (Wildman–Crippen MR) is 64.2 cm³/mol. The average Bonchev–Trinajstić information content (AvgIpc) is 2.28. The van der Waals surface area contributed by atoms with Crippen molar-refractivity contribution in [1.82, 2.24) is 5.32 Å². The zero-order chi connectivity index (χ0) is 12.0. The van der Waals surface area contributed by atoms with Crippen LogP contribution in [-0.2, 0) is 14.6 Å². The molecule has 1 N–H and O–H groups in total. The summed E-state index contributed by atoms with van der Waals surface area (Å²) >= 11 is 0. The highest BCUT2D eigenvalue weighted by molar-refractivity contribution is 7.91. The molecule has 0 atom stereocenters. The van der Waals surface area contributed by atoms with Gasteiger partial charge in [0, 0.05) is 18.6 Å². The van der Waals surface area contributed by atoms with Crippen molar-refractivity contribution >= 4 is 15.6 Å². The standard InChI is InChI=1S/C11H21NO3S/c1-2-16(14,15)8-5-11(13)9-10-3-6-12-7-4-10/h10,12H,2-9H2,1H3.